The summed E-state index contributed by atoms with van der Waals surface area (Å²) in [6.45, 7) is 6.43. The Balaban J connectivity index is 4.21. The van der Waals surface area contributed by atoms with Crippen LogP contribution in [0.2, 0.25) is 0 Å². The van der Waals surface area contributed by atoms with E-state index in [-0.39, 0.29) is 31.1 Å². The highest BCUT2D eigenvalue weighted by atomic mass is 16.6. The second-order valence-corrected chi connectivity index (χ2v) is 22.3. The van der Waals surface area contributed by atoms with Crippen molar-refractivity contribution in [1.29, 1.82) is 0 Å². The van der Waals surface area contributed by atoms with E-state index in [0.29, 0.717) is 19.3 Å². The zero-order valence-electron chi connectivity index (χ0n) is 53.5. The number of unbranched alkanes of at least 4 members (excludes halogenated alkanes) is 28. The maximum absolute atomic E-state index is 12.9. The first-order valence-electron chi connectivity index (χ1n) is 34.2. The fourth-order valence-corrected chi connectivity index (χ4v) is 9.26. The summed E-state index contributed by atoms with van der Waals surface area (Å²) in [6, 6.07) is 0. The third kappa shape index (κ3) is 66.4. The Kier molecular flexibility index (Phi) is 65.3. The van der Waals surface area contributed by atoms with E-state index < -0.39 is 6.10 Å². The van der Waals surface area contributed by atoms with Crippen molar-refractivity contribution in [3.05, 3.63) is 134 Å². The molecule has 0 rings (SSSR count). The van der Waals surface area contributed by atoms with E-state index in [0.717, 1.165) is 161 Å². The predicted octanol–water partition coefficient (Wildman–Crippen LogP) is 23.7. The Morgan fingerprint density at radius 1 is 0.256 bits per heavy atom. The molecule has 0 aromatic heterocycles. The number of carbonyl (C=O) groups is 3. The second kappa shape index (κ2) is 69.0. The van der Waals surface area contributed by atoms with Crippen LogP contribution in [-0.4, -0.2) is 37.2 Å². The monoisotopic (exact) mass is 1130 g/mol. The molecule has 82 heavy (non-hydrogen) atoms. The summed E-state index contributed by atoms with van der Waals surface area (Å²) in [7, 11) is 0. The van der Waals surface area contributed by atoms with Crippen molar-refractivity contribution >= 4 is 17.9 Å². The molecule has 0 heterocycles. The Morgan fingerprint density at radius 2 is 0.500 bits per heavy atom. The third-order valence-electron chi connectivity index (χ3n) is 14.3. The molecule has 0 saturated carbocycles. The molecular formula is C76H126O6. The van der Waals surface area contributed by atoms with Gasteiger partial charge in [-0.15, -0.1) is 0 Å². The summed E-state index contributed by atoms with van der Waals surface area (Å²) in [6.07, 6.45) is 97.6. The van der Waals surface area contributed by atoms with E-state index in [2.05, 4.69) is 154 Å². The lowest BCUT2D eigenvalue weighted by Gasteiger charge is -2.18. The Morgan fingerprint density at radius 3 is 0.793 bits per heavy atom. The van der Waals surface area contributed by atoms with Gasteiger partial charge in [-0.25, -0.2) is 0 Å². The first-order valence-corrected chi connectivity index (χ1v) is 34.2. The van der Waals surface area contributed by atoms with Crippen molar-refractivity contribution < 1.29 is 28.6 Å². The molecule has 0 radical (unpaired) electrons. The molecule has 0 N–H and O–H groups in total. The minimum atomic E-state index is -0.795. The smallest absolute Gasteiger partial charge is 0.306 e. The Labute approximate surface area is 506 Å². The van der Waals surface area contributed by atoms with E-state index in [9.17, 15) is 14.4 Å². The van der Waals surface area contributed by atoms with E-state index >= 15 is 0 Å². The standard InChI is InChI=1S/C76H126O6/c1-4-7-10-13-16-19-22-25-27-29-30-31-32-33-34-35-36-37-38-39-40-41-42-43-44-45-46-47-49-51-54-57-60-63-66-69-75(78)81-72-73(71-80-74(77)68-65-62-59-56-53-50-24-21-18-15-12-9-6-3)82-76(79)70-67-64-61-58-55-52-48-28-26-23-20-17-14-11-8-5-2/h7,10,12,15-16,19-21,23-25,27-28,30-31,33-34,36-37,39-40,48,73H,4-6,8-9,11,13-14,17-18,22,26,29,32,35,38,41-47,49-72H2,1-3H3/b10-7-,15-12-,19-16-,23-20-,24-21-,27-25-,31-30-,34-33-,37-36-,40-39-,48-28-. The highest BCUT2D eigenvalue weighted by Crippen LogP contribution is 2.16. The summed E-state index contributed by atoms with van der Waals surface area (Å²) in [5.41, 5.74) is 0. The van der Waals surface area contributed by atoms with Crippen LogP contribution in [0.5, 0.6) is 0 Å². The maximum atomic E-state index is 12.9. The second-order valence-electron chi connectivity index (χ2n) is 22.3. The molecule has 0 bridgehead atoms. The lowest BCUT2D eigenvalue weighted by molar-refractivity contribution is -0.167. The molecule has 0 aliphatic heterocycles. The van der Waals surface area contributed by atoms with Gasteiger partial charge in [-0.3, -0.25) is 14.4 Å². The first kappa shape index (κ1) is 77.5. The molecule has 466 valence electrons. The highest BCUT2D eigenvalue weighted by molar-refractivity contribution is 5.71. The maximum Gasteiger partial charge on any atom is 0.306 e. The number of hydrogen-bond acceptors (Lipinski definition) is 6. The molecular weight excluding hydrogens is 1010 g/mol. The topological polar surface area (TPSA) is 78.9 Å². The normalized spacial score (nSPS) is 13.0. The van der Waals surface area contributed by atoms with E-state index in [1.54, 1.807) is 0 Å². The summed E-state index contributed by atoms with van der Waals surface area (Å²) in [5, 5.41) is 0. The average molecular weight is 1140 g/mol. The largest absolute Gasteiger partial charge is 0.462 e. The van der Waals surface area contributed by atoms with Crippen LogP contribution in [0.25, 0.3) is 0 Å². The van der Waals surface area contributed by atoms with Gasteiger partial charge in [0.1, 0.15) is 13.2 Å². The van der Waals surface area contributed by atoms with Gasteiger partial charge >= 0.3 is 17.9 Å². The van der Waals surface area contributed by atoms with Crippen molar-refractivity contribution in [2.24, 2.45) is 0 Å². The molecule has 0 saturated heterocycles. The van der Waals surface area contributed by atoms with Gasteiger partial charge in [-0.2, -0.15) is 0 Å². The van der Waals surface area contributed by atoms with Crippen LogP contribution in [0.4, 0.5) is 0 Å². The average Bonchev–Trinajstić information content (AvgIpc) is 3.47. The summed E-state index contributed by atoms with van der Waals surface area (Å²) < 4.78 is 16.9. The van der Waals surface area contributed by atoms with Crippen molar-refractivity contribution in [2.45, 2.75) is 316 Å². The van der Waals surface area contributed by atoms with E-state index in [1.165, 1.54) is 109 Å². The molecule has 1 atom stereocenters. The number of carbonyl (C=O) groups excluding carboxylic acids is 3. The summed E-state index contributed by atoms with van der Waals surface area (Å²) in [4.78, 5) is 38.3. The van der Waals surface area contributed by atoms with Crippen LogP contribution in [0, 0.1) is 0 Å². The molecule has 0 aliphatic carbocycles. The van der Waals surface area contributed by atoms with Crippen LogP contribution in [0.1, 0.15) is 310 Å². The first-order chi connectivity index (χ1) is 40.5. The number of rotatable bonds is 61. The fourth-order valence-electron chi connectivity index (χ4n) is 9.26. The number of esters is 3. The van der Waals surface area contributed by atoms with Gasteiger partial charge in [0.05, 0.1) is 0 Å². The van der Waals surface area contributed by atoms with Gasteiger partial charge in [0.15, 0.2) is 6.10 Å². The molecule has 0 amide bonds. The molecule has 0 fully saturated rings. The van der Waals surface area contributed by atoms with Crippen LogP contribution in [0.3, 0.4) is 0 Å². The highest BCUT2D eigenvalue weighted by Gasteiger charge is 2.19. The minimum absolute atomic E-state index is 0.0900. The SMILES string of the molecule is CC/C=C\C/C=C\C/C=C\C/C=C\C/C=C\C/C=C\C/C=C\CCCCCCCCCCCCCCCC(=O)OCC(COC(=O)CCCCCCC/C=C\C/C=C\CCC)OC(=O)CCCCCCC/C=C\C/C=C\CCCCCC. The zero-order chi connectivity index (χ0) is 59.2. The van der Waals surface area contributed by atoms with Gasteiger partial charge in [-0.05, 0) is 135 Å². The zero-order valence-corrected chi connectivity index (χ0v) is 53.5. The number of ether oxygens (including phenoxy) is 3. The van der Waals surface area contributed by atoms with Gasteiger partial charge < -0.3 is 14.2 Å². The quantitative estimate of drug-likeness (QED) is 0.0261. The van der Waals surface area contributed by atoms with E-state index in [4.69, 9.17) is 14.2 Å². The van der Waals surface area contributed by atoms with Crippen LogP contribution in [0.15, 0.2) is 134 Å². The van der Waals surface area contributed by atoms with Crippen LogP contribution in [-0.2, 0) is 28.6 Å². The molecule has 6 nitrogen and oxygen atoms in total. The predicted molar refractivity (Wildman–Crippen MR) is 357 cm³/mol. The number of allylic oxidation sites excluding steroid dienone is 22. The molecule has 0 aliphatic rings. The third-order valence-corrected chi connectivity index (χ3v) is 14.3. The van der Waals surface area contributed by atoms with Gasteiger partial charge in [-0.1, -0.05) is 289 Å². The Bertz CT molecular complexity index is 1730. The van der Waals surface area contributed by atoms with Crippen LogP contribution >= 0.6 is 0 Å². The lowest BCUT2D eigenvalue weighted by Crippen LogP contribution is -2.30. The van der Waals surface area contributed by atoms with Crippen molar-refractivity contribution in [1.82, 2.24) is 0 Å². The molecule has 6 heteroatoms. The lowest BCUT2D eigenvalue weighted by atomic mass is 10.0. The van der Waals surface area contributed by atoms with Gasteiger partial charge in [0.2, 0.25) is 0 Å². The molecule has 0 aromatic carbocycles. The number of hydrogen-bond donors (Lipinski definition) is 0. The van der Waals surface area contributed by atoms with Gasteiger partial charge in [0.25, 0.3) is 0 Å². The van der Waals surface area contributed by atoms with Gasteiger partial charge in [0, 0.05) is 19.3 Å². The van der Waals surface area contributed by atoms with Crippen LogP contribution < -0.4 is 0 Å². The van der Waals surface area contributed by atoms with Crippen molar-refractivity contribution in [2.75, 3.05) is 13.2 Å². The summed E-state index contributed by atoms with van der Waals surface area (Å²) in [5.74, 6) is -0.914. The van der Waals surface area contributed by atoms with Crippen molar-refractivity contribution in [3.63, 3.8) is 0 Å². The molecule has 0 aromatic rings. The summed E-state index contributed by atoms with van der Waals surface area (Å²) >= 11 is 0. The minimum Gasteiger partial charge on any atom is -0.462 e. The Hall–Kier alpha value is -4.45. The molecule has 1 unspecified atom stereocenters. The van der Waals surface area contributed by atoms with E-state index in [1.807, 2.05) is 0 Å². The molecule has 0 spiro atoms. The fraction of sp³-hybridized carbons (Fsp3) is 0.671. The van der Waals surface area contributed by atoms with Crippen molar-refractivity contribution in [3.8, 4) is 0 Å².